The first kappa shape index (κ1) is 19.5. The normalized spacial score (nSPS) is 19.4. The molecule has 0 amide bonds. The average molecular weight is 402 g/mol. The second-order valence-electron chi connectivity index (χ2n) is 7.73. The number of morpholine rings is 1. The van der Waals surface area contributed by atoms with Crippen molar-refractivity contribution in [3.8, 4) is 11.4 Å². The highest BCUT2D eigenvalue weighted by atomic mass is 32.2. The van der Waals surface area contributed by atoms with Gasteiger partial charge in [-0.05, 0) is 24.8 Å². The molecule has 1 unspecified atom stereocenters. The number of aromatic nitrogens is 2. The Hall–Kier alpha value is -1.83. The predicted octanol–water partition coefficient (Wildman–Crippen LogP) is 3.19. The van der Waals surface area contributed by atoms with Gasteiger partial charge >= 0.3 is 0 Å². The van der Waals surface area contributed by atoms with E-state index in [-0.39, 0.29) is 11.2 Å². The molecule has 7 heteroatoms. The molecule has 0 bridgehead atoms. The SMILES string of the molecule is CCCc1ccc(-c2nc(N3CCOCC3)cc(C3(CS(=O)O)CC3)n2)cc1. The summed E-state index contributed by atoms with van der Waals surface area (Å²) < 4.78 is 26.5. The van der Waals surface area contributed by atoms with Gasteiger partial charge < -0.3 is 14.2 Å². The first-order valence-electron chi connectivity index (χ1n) is 9.99. The number of ether oxygens (including phenoxy) is 1. The Morgan fingerprint density at radius 2 is 1.89 bits per heavy atom. The van der Waals surface area contributed by atoms with E-state index in [2.05, 4.69) is 36.1 Å². The molecule has 0 radical (unpaired) electrons. The highest BCUT2D eigenvalue weighted by Gasteiger charge is 2.47. The first-order valence-corrected chi connectivity index (χ1v) is 11.3. The Balaban J connectivity index is 1.72. The fraction of sp³-hybridized carbons (Fsp3) is 0.524. The Kier molecular flexibility index (Phi) is 5.75. The maximum atomic E-state index is 11.5. The van der Waals surface area contributed by atoms with Gasteiger partial charge in [0.25, 0.3) is 0 Å². The minimum absolute atomic E-state index is 0.238. The Morgan fingerprint density at radius 3 is 2.50 bits per heavy atom. The molecule has 2 aromatic rings. The molecule has 1 aliphatic heterocycles. The smallest absolute Gasteiger partial charge is 0.161 e. The summed E-state index contributed by atoms with van der Waals surface area (Å²) in [4.78, 5) is 11.9. The van der Waals surface area contributed by atoms with Crippen LogP contribution in [0.15, 0.2) is 30.3 Å². The van der Waals surface area contributed by atoms with E-state index in [1.165, 1.54) is 5.56 Å². The summed E-state index contributed by atoms with van der Waals surface area (Å²) in [5, 5.41) is 0. The van der Waals surface area contributed by atoms with Gasteiger partial charge in [-0.1, -0.05) is 37.6 Å². The molecule has 1 saturated heterocycles. The summed E-state index contributed by atoms with van der Waals surface area (Å²) in [7, 11) is 0. The van der Waals surface area contributed by atoms with Crippen LogP contribution in [-0.4, -0.2) is 50.8 Å². The molecule has 1 aromatic carbocycles. The van der Waals surface area contributed by atoms with Gasteiger partial charge in [0.05, 0.1) is 24.7 Å². The number of anilines is 1. The number of nitrogens with zero attached hydrogens (tertiary/aromatic N) is 3. The zero-order valence-electron chi connectivity index (χ0n) is 16.3. The zero-order valence-corrected chi connectivity index (χ0v) is 17.1. The molecule has 2 fully saturated rings. The number of aryl methyl sites for hydroxylation is 1. The van der Waals surface area contributed by atoms with Gasteiger partial charge in [0.15, 0.2) is 16.9 Å². The van der Waals surface area contributed by atoms with E-state index in [0.29, 0.717) is 19.0 Å². The largest absolute Gasteiger partial charge is 0.378 e. The van der Waals surface area contributed by atoms with Crippen molar-refractivity contribution in [1.82, 2.24) is 9.97 Å². The third-order valence-corrected chi connectivity index (χ3v) is 6.39. The fourth-order valence-electron chi connectivity index (χ4n) is 3.76. The van der Waals surface area contributed by atoms with E-state index in [1.54, 1.807) is 0 Å². The summed E-state index contributed by atoms with van der Waals surface area (Å²) in [5.41, 5.74) is 2.89. The monoisotopic (exact) mass is 401 g/mol. The second-order valence-corrected chi connectivity index (χ2v) is 8.66. The molecule has 2 heterocycles. The molecule has 2 aliphatic rings. The maximum Gasteiger partial charge on any atom is 0.161 e. The molecule has 1 atom stereocenters. The molecule has 4 rings (SSSR count). The summed E-state index contributed by atoms with van der Waals surface area (Å²) in [6.07, 6.45) is 3.97. The van der Waals surface area contributed by atoms with E-state index in [9.17, 15) is 8.76 Å². The zero-order chi connectivity index (χ0) is 19.6. The maximum absolute atomic E-state index is 11.5. The molecule has 6 nitrogen and oxygen atoms in total. The number of rotatable bonds is 7. The first-order chi connectivity index (χ1) is 13.6. The van der Waals surface area contributed by atoms with Crippen LogP contribution in [0.4, 0.5) is 5.82 Å². The van der Waals surface area contributed by atoms with E-state index >= 15 is 0 Å². The highest BCUT2D eigenvalue weighted by Crippen LogP contribution is 2.48. The molecule has 1 saturated carbocycles. The van der Waals surface area contributed by atoms with Gasteiger partial charge in [-0.3, -0.25) is 0 Å². The number of hydrogen-bond donors (Lipinski definition) is 1. The molecular weight excluding hydrogens is 374 g/mol. The van der Waals surface area contributed by atoms with E-state index in [0.717, 1.165) is 55.8 Å². The van der Waals surface area contributed by atoms with Crippen LogP contribution in [0.2, 0.25) is 0 Å². The fourth-order valence-corrected chi connectivity index (χ4v) is 4.67. The van der Waals surface area contributed by atoms with Crippen LogP contribution >= 0.6 is 0 Å². The van der Waals surface area contributed by atoms with Crippen LogP contribution in [0.1, 0.15) is 37.4 Å². The minimum atomic E-state index is -1.83. The lowest BCUT2D eigenvalue weighted by Crippen LogP contribution is -2.37. The summed E-state index contributed by atoms with van der Waals surface area (Å²) in [6.45, 7) is 5.14. The van der Waals surface area contributed by atoms with Crippen molar-refractivity contribution in [2.45, 2.75) is 38.0 Å². The lowest BCUT2D eigenvalue weighted by Gasteiger charge is -2.29. The Bertz CT molecular complexity index is 846. The predicted molar refractivity (Wildman–Crippen MR) is 111 cm³/mol. The molecule has 1 aromatic heterocycles. The molecule has 0 spiro atoms. The van der Waals surface area contributed by atoms with Gasteiger partial charge in [-0.15, -0.1) is 0 Å². The van der Waals surface area contributed by atoms with Gasteiger partial charge in [-0.25, -0.2) is 14.2 Å². The number of hydrogen-bond acceptors (Lipinski definition) is 5. The van der Waals surface area contributed by atoms with Crippen LogP contribution in [0.3, 0.4) is 0 Å². The second kappa shape index (κ2) is 8.27. The van der Waals surface area contributed by atoms with Crippen LogP contribution in [0.25, 0.3) is 11.4 Å². The third kappa shape index (κ3) is 4.26. The third-order valence-electron chi connectivity index (χ3n) is 5.60. The molecule has 150 valence electrons. The Morgan fingerprint density at radius 1 is 1.18 bits per heavy atom. The Labute approximate surface area is 168 Å². The van der Waals surface area contributed by atoms with Crippen LogP contribution in [0, 0.1) is 0 Å². The van der Waals surface area contributed by atoms with E-state index in [1.807, 2.05) is 6.07 Å². The van der Waals surface area contributed by atoms with Crippen molar-refractivity contribution in [1.29, 1.82) is 0 Å². The van der Waals surface area contributed by atoms with Crippen LogP contribution in [-0.2, 0) is 27.7 Å². The molecule has 1 N–H and O–H groups in total. The highest BCUT2D eigenvalue weighted by molar-refractivity contribution is 7.79. The lowest BCUT2D eigenvalue weighted by atomic mass is 10.0. The van der Waals surface area contributed by atoms with Crippen molar-refractivity contribution in [2.75, 3.05) is 37.0 Å². The van der Waals surface area contributed by atoms with Crippen molar-refractivity contribution in [2.24, 2.45) is 0 Å². The van der Waals surface area contributed by atoms with Gasteiger partial charge in [-0.2, -0.15) is 0 Å². The summed E-state index contributed by atoms with van der Waals surface area (Å²) >= 11 is -1.83. The average Bonchev–Trinajstić information content (AvgIpc) is 3.49. The summed E-state index contributed by atoms with van der Waals surface area (Å²) in [5.74, 6) is 1.81. The quantitative estimate of drug-likeness (QED) is 0.718. The van der Waals surface area contributed by atoms with Gasteiger partial charge in [0, 0.05) is 30.1 Å². The topological polar surface area (TPSA) is 75.6 Å². The molecule has 28 heavy (non-hydrogen) atoms. The molecular formula is C21H27N3O3S. The van der Waals surface area contributed by atoms with Gasteiger partial charge in [0.1, 0.15) is 5.82 Å². The minimum Gasteiger partial charge on any atom is -0.378 e. The van der Waals surface area contributed by atoms with Crippen molar-refractivity contribution < 1.29 is 13.5 Å². The lowest BCUT2D eigenvalue weighted by molar-refractivity contribution is 0.122. The standard InChI is InChI=1S/C21H27N3O3S/c1-2-3-16-4-6-17(7-5-16)20-22-18(21(8-9-21)15-28(25)26)14-19(23-20)24-10-12-27-13-11-24/h4-7,14H,2-3,8-13,15H2,1H3,(H,25,26). The molecule has 1 aliphatic carbocycles. The van der Waals surface area contributed by atoms with E-state index < -0.39 is 11.1 Å². The number of benzene rings is 1. The van der Waals surface area contributed by atoms with Crippen molar-refractivity contribution in [3.63, 3.8) is 0 Å². The van der Waals surface area contributed by atoms with Crippen LogP contribution in [0.5, 0.6) is 0 Å². The van der Waals surface area contributed by atoms with Crippen molar-refractivity contribution >= 4 is 16.9 Å². The summed E-state index contributed by atoms with van der Waals surface area (Å²) in [6, 6.07) is 10.5. The van der Waals surface area contributed by atoms with Crippen LogP contribution < -0.4 is 4.90 Å². The van der Waals surface area contributed by atoms with Crippen molar-refractivity contribution in [3.05, 3.63) is 41.6 Å². The van der Waals surface area contributed by atoms with Gasteiger partial charge in [0.2, 0.25) is 0 Å². The van der Waals surface area contributed by atoms with E-state index in [4.69, 9.17) is 14.7 Å².